The minimum absolute atomic E-state index is 0.237. The number of hydrogen-bond donors (Lipinski definition) is 4. The topological polar surface area (TPSA) is 143 Å². The average Bonchev–Trinajstić information content (AvgIpc) is 3.34. The second-order valence-corrected chi connectivity index (χ2v) is 8.68. The molecule has 0 saturated carbocycles. The Morgan fingerprint density at radius 2 is 1.62 bits per heavy atom. The number of halogens is 1. The SMILES string of the molecule is COc1cc(C(=O)Nc2nc3ccc(-c4cc(=O)[nH]c(Nc5ccccc5Cl)n4)cc3[nH]2)cc(OC)c1OC. The van der Waals surface area contributed by atoms with E-state index in [1.807, 2.05) is 6.07 Å². The summed E-state index contributed by atoms with van der Waals surface area (Å²) in [5.41, 5.74) is 2.91. The maximum atomic E-state index is 13.0. The van der Waals surface area contributed by atoms with E-state index in [0.29, 0.717) is 50.2 Å². The van der Waals surface area contributed by atoms with Gasteiger partial charge in [0.05, 0.1) is 48.8 Å². The molecule has 39 heavy (non-hydrogen) atoms. The monoisotopic (exact) mass is 546 g/mol. The molecule has 0 bridgehead atoms. The van der Waals surface area contributed by atoms with Crippen LogP contribution in [-0.4, -0.2) is 47.2 Å². The van der Waals surface area contributed by atoms with Gasteiger partial charge in [-0.05, 0) is 36.4 Å². The van der Waals surface area contributed by atoms with Crippen LogP contribution in [0.25, 0.3) is 22.3 Å². The molecular weight excluding hydrogens is 524 g/mol. The van der Waals surface area contributed by atoms with Crippen LogP contribution in [-0.2, 0) is 0 Å². The number of aromatic amines is 2. The first-order chi connectivity index (χ1) is 18.9. The Hall–Kier alpha value is -5.03. The summed E-state index contributed by atoms with van der Waals surface area (Å²) in [5.74, 6) is 1.14. The van der Waals surface area contributed by atoms with Gasteiger partial charge in [0.1, 0.15) is 0 Å². The number of amides is 1. The molecule has 0 aliphatic heterocycles. The molecule has 0 atom stereocenters. The molecule has 0 unspecified atom stereocenters. The van der Waals surface area contributed by atoms with Crippen molar-refractivity contribution in [2.24, 2.45) is 0 Å². The van der Waals surface area contributed by atoms with Gasteiger partial charge in [-0.25, -0.2) is 9.97 Å². The minimum atomic E-state index is -0.430. The van der Waals surface area contributed by atoms with Crippen molar-refractivity contribution in [1.29, 1.82) is 0 Å². The van der Waals surface area contributed by atoms with E-state index in [-0.39, 0.29) is 23.0 Å². The fraction of sp³-hybridized carbons (Fsp3) is 0.111. The van der Waals surface area contributed by atoms with Crippen LogP contribution in [0.15, 0.2) is 65.5 Å². The van der Waals surface area contributed by atoms with Crippen LogP contribution in [0.4, 0.5) is 17.6 Å². The summed E-state index contributed by atoms with van der Waals surface area (Å²) < 4.78 is 16.0. The molecule has 0 spiro atoms. The number of nitrogens with zero attached hydrogens (tertiary/aromatic N) is 2. The number of carbonyl (C=O) groups is 1. The van der Waals surface area contributed by atoms with E-state index in [9.17, 15) is 9.59 Å². The minimum Gasteiger partial charge on any atom is -0.493 e. The molecule has 1 amide bonds. The number of ether oxygens (including phenoxy) is 3. The van der Waals surface area contributed by atoms with Crippen molar-refractivity contribution in [3.63, 3.8) is 0 Å². The van der Waals surface area contributed by atoms with Crippen molar-refractivity contribution >= 4 is 46.1 Å². The fourth-order valence-electron chi connectivity index (χ4n) is 3.97. The Morgan fingerprint density at radius 3 is 2.31 bits per heavy atom. The third-order valence-corrected chi connectivity index (χ3v) is 6.13. The number of methoxy groups -OCH3 is 3. The summed E-state index contributed by atoms with van der Waals surface area (Å²) in [6, 6.07) is 17.0. The van der Waals surface area contributed by atoms with Gasteiger partial charge in [0.2, 0.25) is 17.6 Å². The predicted octanol–water partition coefficient (Wildman–Crippen LogP) is 4.99. The zero-order valence-corrected chi connectivity index (χ0v) is 21.8. The third kappa shape index (κ3) is 5.34. The molecule has 11 nitrogen and oxygen atoms in total. The zero-order valence-electron chi connectivity index (χ0n) is 21.1. The molecule has 0 saturated heterocycles. The number of rotatable bonds is 8. The van der Waals surface area contributed by atoms with E-state index >= 15 is 0 Å². The summed E-state index contributed by atoms with van der Waals surface area (Å²) in [6.45, 7) is 0. The van der Waals surface area contributed by atoms with Crippen molar-refractivity contribution in [1.82, 2.24) is 19.9 Å². The van der Waals surface area contributed by atoms with E-state index in [1.54, 1.807) is 48.5 Å². The molecule has 0 aliphatic carbocycles. The summed E-state index contributed by atoms with van der Waals surface area (Å²) in [4.78, 5) is 40.0. The molecule has 2 aromatic heterocycles. The van der Waals surface area contributed by atoms with Crippen molar-refractivity contribution in [2.75, 3.05) is 32.0 Å². The van der Waals surface area contributed by atoms with E-state index in [1.165, 1.54) is 27.4 Å². The highest BCUT2D eigenvalue weighted by atomic mass is 35.5. The lowest BCUT2D eigenvalue weighted by Gasteiger charge is -2.13. The summed E-state index contributed by atoms with van der Waals surface area (Å²) in [7, 11) is 4.43. The number of anilines is 3. The van der Waals surface area contributed by atoms with Crippen molar-refractivity contribution in [2.45, 2.75) is 0 Å². The Bertz CT molecular complexity index is 1720. The number of imidazole rings is 1. The van der Waals surface area contributed by atoms with E-state index in [0.717, 1.165) is 0 Å². The van der Waals surface area contributed by atoms with E-state index in [4.69, 9.17) is 25.8 Å². The van der Waals surface area contributed by atoms with Gasteiger partial charge < -0.3 is 24.5 Å². The number of hydrogen-bond acceptors (Lipinski definition) is 8. The van der Waals surface area contributed by atoms with Crippen LogP contribution in [0, 0.1) is 0 Å². The van der Waals surface area contributed by atoms with Gasteiger partial charge >= 0.3 is 0 Å². The van der Waals surface area contributed by atoms with Crippen LogP contribution in [0.2, 0.25) is 5.02 Å². The van der Waals surface area contributed by atoms with Crippen molar-refractivity contribution in [3.05, 3.63) is 81.6 Å². The Morgan fingerprint density at radius 1 is 0.872 bits per heavy atom. The fourth-order valence-corrected chi connectivity index (χ4v) is 4.16. The molecular formula is C27H23ClN6O5. The first-order valence-corrected chi connectivity index (χ1v) is 12.0. The third-order valence-electron chi connectivity index (χ3n) is 5.81. The number of H-pyrrole nitrogens is 2. The molecule has 3 aromatic carbocycles. The number of fused-ring (bicyclic) bond motifs is 1. The molecule has 4 N–H and O–H groups in total. The number of nitrogens with one attached hydrogen (secondary N) is 4. The first kappa shape index (κ1) is 25.6. The number of aromatic nitrogens is 4. The Labute approximate surface area is 227 Å². The molecule has 0 radical (unpaired) electrons. The van der Waals surface area contributed by atoms with Gasteiger partial charge in [0.15, 0.2) is 11.5 Å². The van der Waals surface area contributed by atoms with Gasteiger partial charge in [0.25, 0.3) is 11.5 Å². The molecule has 5 rings (SSSR count). The predicted molar refractivity (Wildman–Crippen MR) is 149 cm³/mol. The smallest absolute Gasteiger partial charge is 0.258 e. The Kier molecular flexibility index (Phi) is 7.06. The maximum Gasteiger partial charge on any atom is 0.258 e. The summed E-state index contributed by atoms with van der Waals surface area (Å²) in [5, 5.41) is 6.27. The molecule has 198 valence electrons. The lowest BCUT2D eigenvalue weighted by Crippen LogP contribution is -2.13. The van der Waals surface area contributed by atoms with Crippen molar-refractivity contribution < 1.29 is 19.0 Å². The van der Waals surface area contributed by atoms with Crippen LogP contribution in [0.3, 0.4) is 0 Å². The zero-order chi connectivity index (χ0) is 27.5. The first-order valence-electron chi connectivity index (χ1n) is 11.6. The summed E-state index contributed by atoms with van der Waals surface area (Å²) >= 11 is 6.22. The number of benzene rings is 3. The van der Waals surface area contributed by atoms with Gasteiger partial charge in [-0.15, -0.1) is 0 Å². The largest absolute Gasteiger partial charge is 0.493 e. The van der Waals surface area contributed by atoms with Crippen molar-refractivity contribution in [3.8, 4) is 28.5 Å². The molecule has 2 heterocycles. The van der Waals surface area contributed by atoms with E-state index in [2.05, 4.69) is 30.6 Å². The van der Waals surface area contributed by atoms with Crippen LogP contribution < -0.4 is 30.4 Å². The normalized spacial score (nSPS) is 10.8. The number of para-hydroxylation sites is 1. The van der Waals surface area contributed by atoms with Gasteiger partial charge in [0, 0.05) is 17.2 Å². The highest BCUT2D eigenvalue weighted by Gasteiger charge is 2.18. The summed E-state index contributed by atoms with van der Waals surface area (Å²) in [6.07, 6.45) is 0. The van der Waals surface area contributed by atoms with Crippen LogP contribution in [0.5, 0.6) is 17.2 Å². The lowest BCUT2D eigenvalue weighted by atomic mass is 10.1. The highest BCUT2D eigenvalue weighted by molar-refractivity contribution is 6.33. The average molecular weight is 547 g/mol. The standard InChI is InChI=1S/C27H23ClN6O5/c1-37-21-11-15(12-22(38-2)24(21)39-3)25(36)34-27-30-18-9-8-14(10-20(18)32-27)19-13-23(35)33-26(31-19)29-17-7-5-4-6-16(17)28/h4-13H,1-3H3,(H2,29,31,33,35)(H2,30,32,34,36). The quantitative estimate of drug-likeness (QED) is 0.213. The Balaban J connectivity index is 1.41. The molecule has 5 aromatic rings. The van der Waals surface area contributed by atoms with Gasteiger partial charge in [-0.3, -0.25) is 19.9 Å². The number of carbonyl (C=O) groups excluding carboxylic acids is 1. The molecule has 0 fully saturated rings. The lowest BCUT2D eigenvalue weighted by molar-refractivity contribution is 0.102. The maximum absolute atomic E-state index is 13.0. The second kappa shape index (κ2) is 10.8. The van der Waals surface area contributed by atoms with E-state index < -0.39 is 5.91 Å². The second-order valence-electron chi connectivity index (χ2n) is 8.27. The van der Waals surface area contributed by atoms with Crippen LogP contribution in [0.1, 0.15) is 10.4 Å². The van der Waals surface area contributed by atoms with Gasteiger partial charge in [-0.1, -0.05) is 29.8 Å². The molecule has 12 heteroatoms. The molecule has 0 aliphatic rings. The highest BCUT2D eigenvalue weighted by Crippen LogP contribution is 2.38. The van der Waals surface area contributed by atoms with Crippen LogP contribution >= 0.6 is 11.6 Å². The van der Waals surface area contributed by atoms with Gasteiger partial charge in [-0.2, -0.15) is 0 Å².